The van der Waals surface area contributed by atoms with Crippen LogP contribution < -0.4 is 0 Å². The maximum absolute atomic E-state index is 12.2. The number of amides is 4. The summed E-state index contributed by atoms with van der Waals surface area (Å²) >= 11 is 3.43. The van der Waals surface area contributed by atoms with Gasteiger partial charge in [-0.25, -0.2) is 4.79 Å². The van der Waals surface area contributed by atoms with E-state index in [4.69, 9.17) is 0 Å². The Hall–Kier alpha value is -1.89. The fourth-order valence-corrected chi connectivity index (χ4v) is 2.46. The zero-order chi connectivity index (χ0) is 15.6. The molecule has 1 saturated heterocycles. The Morgan fingerprint density at radius 3 is 2.57 bits per heavy atom. The topological polar surface area (TPSA) is 60.9 Å². The van der Waals surface area contributed by atoms with Crippen molar-refractivity contribution in [3.8, 4) is 0 Å². The Labute approximate surface area is 131 Å². The van der Waals surface area contributed by atoms with Crippen LogP contribution in [0.4, 0.5) is 4.79 Å². The first-order valence-electron chi connectivity index (χ1n) is 6.43. The summed E-state index contributed by atoms with van der Waals surface area (Å²) in [5.41, 5.74) is 0.963. The number of benzene rings is 1. The average Bonchev–Trinajstić information content (AvgIpc) is 2.67. The molecular weight excluding hydrogens is 338 g/mol. The lowest BCUT2D eigenvalue weighted by Crippen LogP contribution is -2.41. The molecule has 1 heterocycles. The Morgan fingerprint density at radius 2 is 2.00 bits per heavy atom. The predicted octanol–water partition coefficient (Wildman–Crippen LogP) is 1.30. The van der Waals surface area contributed by atoms with Crippen LogP contribution in [0.3, 0.4) is 0 Å². The average molecular weight is 354 g/mol. The third-order valence-corrected chi connectivity index (χ3v) is 4.09. The molecule has 4 amide bonds. The van der Waals surface area contributed by atoms with E-state index >= 15 is 0 Å². The third kappa shape index (κ3) is 3.41. The summed E-state index contributed by atoms with van der Waals surface area (Å²) in [6.07, 6.45) is 0. The van der Waals surface area contributed by atoms with Crippen LogP contribution in [0.25, 0.3) is 0 Å². The Kier molecular flexibility index (Phi) is 4.62. The van der Waals surface area contributed by atoms with Crippen molar-refractivity contribution in [2.45, 2.75) is 6.54 Å². The molecule has 1 aliphatic heterocycles. The van der Waals surface area contributed by atoms with Crippen LogP contribution in [-0.4, -0.2) is 59.7 Å². The second-order valence-electron chi connectivity index (χ2n) is 4.96. The van der Waals surface area contributed by atoms with Crippen molar-refractivity contribution in [3.63, 3.8) is 0 Å². The van der Waals surface area contributed by atoms with E-state index in [9.17, 15) is 14.4 Å². The van der Waals surface area contributed by atoms with Crippen LogP contribution in [0, 0.1) is 0 Å². The molecule has 1 fully saturated rings. The maximum atomic E-state index is 12.2. The molecule has 0 aliphatic carbocycles. The number of nitrogens with zero attached hydrogens (tertiary/aromatic N) is 3. The van der Waals surface area contributed by atoms with Gasteiger partial charge in [0.25, 0.3) is 5.91 Å². The van der Waals surface area contributed by atoms with Crippen molar-refractivity contribution in [2.75, 3.05) is 27.2 Å². The molecule has 0 spiro atoms. The van der Waals surface area contributed by atoms with Gasteiger partial charge in [-0.2, -0.15) is 0 Å². The number of likely N-dealkylation sites (N-methyl/N-ethyl adjacent to an activating group) is 2. The molecule has 112 valence electrons. The van der Waals surface area contributed by atoms with Gasteiger partial charge in [0.05, 0.1) is 0 Å². The van der Waals surface area contributed by atoms with E-state index in [0.29, 0.717) is 6.54 Å². The Balaban J connectivity index is 1.99. The van der Waals surface area contributed by atoms with Gasteiger partial charge in [-0.1, -0.05) is 34.1 Å². The van der Waals surface area contributed by atoms with Crippen LogP contribution >= 0.6 is 15.9 Å². The zero-order valence-corrected chi connectivity index (χ0v) is 13.5. The van der Waals surface area contributed by atoms with Gasteiger partial charge in [0.15, 0.2) is 0 Å². The summed E-state index contributed by atoms with van der Waals surface area (Å²) in [5.74, 6) is -0.618. The monoisotopic (exact) mass is 353 g/mol. The lowest BCUT2D eigenvalue weighted by molar-refractivity contribution is -0.136. The van der Waals surface area contributed by atoms with Crippen molar-refractivity contribution in [3.05, 3.63) is 34.3 Å². The molecule has 0 bridgehead atoms. The molecular formula is C14H16BrN3O3. The highest BCUT2D eigenvalue weighted by atomic mass is 79.9. The minimum absolute atomic E-state index is 0.0278. The van der Waals surface area contributed by atoms with Gasteiger partial charge < -0.3 is 9.80 Å². The summed E-state index contributed by atoms with van der Waals surface area (Å²) in [6.45, 7) is 0.218. The second kappa shape index (κ2) is 6.26. The fourth-order valence-electron chi connectivity index (χ4n) is 2.05. The molecule has 6 nitrogen and oxygen atoms in total. The lowest BCUT2D eigenvalue weighted by Gasteiger charge is -2.21. The standard InChI is InChI=1S/C14H16BrN3O3/c1-16(7-10-5-3-4-6-11(10)15)12(19)9-18-13(20)8-17(2)14(18)21/h3-6H,7-9H2,1-2H3. The summed E-state index contributed by atoms with van der Waals surface area (Å²) in [7, 11) is 3.19. The maximum Gasteiger partial charge on any atom is 0.327 e. The number of carbonyl (C=O) groups is 3. The molecule has 1 aromatic carbocycles. The molecule has 0 radical (unpaired) electrons. The van der Waals surface area contributed by atoms with E-state index in [2.05, 4.69) is 15.9 Å². The number of urea groups is 1. The molecule has 1 aromatic rings. The highest BCUT2D eigenvalue weighted by Crippen LogP contribution is 2.17. The van der Waals surface area contributed by atoms with E-state index < -0.39 is 6.03 Å². The van der Waals surface area contributed by atoms with E-state index in [1.54, 1.807) is 7.05 Å². The quantitative estimate of drug-likeness (QED) is 0.766. The second-order valence-corrected chi connectivity index (χ2v) is 5.81. The molecule has 2 rings (SSSR count). The van der Waals surface area contributed by atoms with Crippen LogP contribution in [0.1, 0.15) is 5.56 Å². The first-order chi connectivity index (χ1) is 9.90. The molecule has 0 atom stereocenters. The van der Waals surface area contributed by atoms with E-state index in [1.807, 2.05) is 24.3 Å². The fraction of sp³-hybridized carbons (Fsp3) is 0.357. The van der Waals surface area contributed by atoms with Crippen molar-refractivity contribution in [1.29, 1.82) is 0 Å². The number of carbonyl (C=O) groups excluding carboxylic acids is 3. The van der Waals surface area contributed by atoms with Gasteiger partial charge in [0.1, 0.15) is 13.1 Å². The normalized spacial score (nSPS) is 14.8. The lowest BCUT2D eigenvalue weighted by atomic mass is 10.2. The molecule has 0 saturated carbocycles. The largest absolute Gasteiger partial charge is 0.340 e. The molecule has 0 N–H and O–H groups in total. The minimum Gasteiger partial charge on any atom is -0.340 e. The van der Waals surface area contributed by atoms with Gasteiger partial charge >= 0.3 is 6.03 Å². The van der Waals surface area contributed by atoms with Gasteiger partial charge in [0.2, 0.25) is 5.91 Å². The highest BCUT2D eigenvalue weighted by molar-refractivity contribution is 9.10. The van der Waals surface area contributed by atoms with Gasteiger partial charge in [-0.05, 0) is 11.6 Å². The third-order valence-electron chi connectivity index (χ3n) is 3.32. The van der Waals surface area contributed by atoms with E-state index in [1.165, 1.54) is 16.8 Å². The van der Waals surface area contributed by atoms with Crippen LogP contribution in [0.5, 0.6) is 0 Å². The SMILES string of the molecule is CN(Cc1ccccc1Br)C(=O)CN1C(=O)CN(C)C1=O. The van der Waals surface area contributed by atoms with Gasteiger partial charge in [-0.3, -0.25) is 14.5 Å². The summed E-state index contributed by atoms with van der Waals surface area (Å²) in [6, 6.07) is 7.17. The first-order valence-corrected chi connectivity index (χ1v) is 7.22. The van der Waals surface area contributed by atoms with Crippen molar-refractivity contribution < 1.29 is 14.4 Å². The van der Waals surface area contributed by atoms with Gasteiger partial charge in [0, 0.05) is 25.1 Å². The molecule has 21 heavy (non-hydrogen) atoms. The molecule has 0 aromatic heterocycles. The number of hydrogen-bond donors (Lipinski definition) is 0. The van der Waals surface area contributed by atoms with Crippen LogP contribution in [0.2, 0.25) is 0 Å². The Bertz CT molecular complexity index is 591. The zero-order valence-electron chi connectivity index (χ0n) is 11.9. The number of imide groups is 1. The van der Waals surface area contributed by atoms with Crippen LogP contribution in [0.15, 0.2) is 28.7 Å². The Morgan fingerprint density at radius 1 is 1.33 bits per heavy atom. The number of hydrogen-bond acceptors (Lipinski definition) is 3. The minimum atomic E-state index is -0.428. The highest BCUT2D eigenvalue weighted by Gasteiger charge is 2.35. The van der Waals surface area contributed by atoms with Crippen molar-refractivity contribution in [2.24, 2.45) is 0 Å². The molecule has 0 unspecified atom stereocenters. The van der Waals surface area contributed by atoms with Crippen molar-refractivity contribution >= 4 is 33.8 Å². The number of rotatable bonds is 4. The summed E-state index contributed by atoms with van der Waals surface area (Å²) in [5, 5.41) is 0. The summed E-state index contributed by atoms with van der Waals surface area (Å²) in [4.78, 5) is 39.3. The van der Waals surface area contributed by atoms with Gasteiger partial charge in [-0.15, -0.1) is 0 Å². The van der Waals surface area contributed by atoms with Crippen molar-refractivity contribution in [1.82, 2.24) is 14.7 Å². The first kappa shape index (κ1) is 15.5. The molecule has 7 heteroatoms. The van der Waals surface area contributed by atoms with Crippen LogP contribution in [-0.2, 0) is 16.1 Å². The molecule has 1 aliphatic rings. The summed E-state index contributed by atoms with van der Waals surface area (Å²) < 4.78 is 0.915. The van der Waals surface area contributed by atoms with E-state index in [0.717, 1.165) is 14.9 Å². The number of halogens is 1. The van der Waals surface area contributed by atoms with E-state index in [-0.39, 0.29) is 24.9 Å². The smallest absolute Gasteiger partial charge is 0.327 e. The predicted molar refractivity (Wildman–Crippen MR) is 80.4 cm³/mol.